The third-order valence-electron chi connectivity index (χ3n) is 2.10. The van der Waals surface area contributed by atoms with Crippen molar-refractivity contribution in [3.63, 3.8) is 0 Å². The van der Waals surface area contributed by atoms with Crippen LogP contribution in [-0.2, 0) is 4.79 Å². The first-order valence-corrected chi connectivity index (χ1v) is 5.80. The lowest BCUT2D eigenvalue weighted by atomic mass is 10.1. The van der Waals surface area contributed by atoms with Crippen LogP contribution in [0.4, 0.5) is 0 Å². The molecule has 1 fully saturated rings. The molecule has 0 aromatic heterocycles. The Labute approximate surface area is 83.3 Å². The third-order valence-corrected chi connectivity index (χ3v) is 3.93. The molecule has 1 saturated heterocycles. The molecule has 0 radical (unpaired) electrons. The Kier molecular flexibility index (Phi) is 3.77. The molecular weight excluding hydrogens is 190 g/mol. The minimum Gasteiger partial charge on any atom is -0.354 e. The van der Waals surface area contributed by atoms with Crippen molar-refractivity contribution in [2.24, 2.45) is 0 Å². The molecule has 0 aromatic carbocycles. The number of thioether (sulfide) groups is 1. The summed E-state index contributed by atoms with van der Waals surface area (Å²) >= 11 is 5.86. The largest absolute Gasteiger partial charge is 0.354 e. The Balaban J connectivity index is 2.25. The Morgan fingerprint density at radius 2 is 2.50 bits per heavy atom. The Morgan fingerprint density at radius 1 is 1.75 bits per heavy atom. The van der Waals surface area contributed by atoms with Gasteiger partial charge in [-0.25, -0.2) is 0 Å². The summed E-state index contributed by atoms with van der Waals surface area (Å²) in [7, 11) is 0. The number of nitrogens with one attached hydrogen (secondary N) is 1. The minimum absolute atomic E-state index is 0.0343. The van der Waals surface area contributed by atoms with Crippen LogP contribution >= 0.6 is 24.4 Å². The zero-order valence-corrected chi connectivity index (χ0v) is 9.01. The van der Waals surface area contributed by atoms with E-state index in [2.05, 4.69) is 24.9 Å². The molecule has 12 heavy (non-hydrogen) atoms. The number of carbonyl (C=O) groups excluding carboxylic acids is 1. The number of amides is 1. The van der Waals surface area contributed by atoms with E-state index in [9.17, 15) is 4.79 Å². The molecule has 0 aliphatic carbocycles. The van der Waals surface area contributed by atoms with Crippen molar-refractivity contribution in [2.45, 2.75) is 24.5 Å². The fraction of sp³-hybridized carbons (Fsp3) is 0.875. The number of rotatable bonds is 3. The highest BCUT2D eigenvalue weighted by Gasteiger charge is 2.29. The zero-order valence-electron chi connectivity index (χ0n) is 7.30. The minimum atomic E-state index is 0.0343. The number of hydrogen-bond acceptors (Lipinski definition) is 3. The zero-order chi connectivity index (χ0) is 9.03. The molecule has 1 unspecified atom stereocenters. The van der Waals surface area contributed by atoms with Crippen molar-refractivity contribution < 1.29 is 4.79 Å². The Bertz CT molecular complexity index is 166. The van der Waals surface area contributed by atoms with Crippen LogP contribution in [0.5, 0.6) is 0 Å². The maximum Gasteiger partial charge on any atom is 0.229 e. The maximum absolute atomic E-state index is 10.9. The fourth-order valence-electron chi connectivity index (χ4n) is 1.32. The molecule has 1 aliphatic rings. The number of carbonyl (C=O) groups is 1. The second-order valence-corrected chi connectivity index (χ2v) is 5.34. The summed E-state index contributed by atoms with van der Waals surface area (Å²) in [6.07, 6.45) is 2.49. The molecule has 0 bridgehead atoms. The maximum atomic E-state index is 10.9. The molecule has 1 heterocycles. The summed E-state index contributed by atoms with van der Waals surface area (Å²) in [5.74, 6) is 1.56. The van der Waals surface area contributed by atoms with Crippen LogP contribution in [-0.4, -0.2) is 28.7 Å². The van der Waals surface area contributed by atoms with Crippen LogP contribution in [0.1, 0.15) is 19.8 Å². The molecule has 1 atom stereocenters. The van der Waals surface area contributed by atoms with Crippen molar-refractivity contribution in [3.8, 4) is 0 Å². The molecule has 0 spiro atoms. The van der Waals surface area contributed by atoms with Gasteiger partial charge in [-0.15, -0.1) is 0 Å². The van der Waals surface area contributed by atoms with Gasteiger partial charge in [-0.05, 0) is 25.5 Å². The molecule has 1 rings (SSSR count). The lowest BCUT2D eigenvalue weighted by molar-refractivity contribution is -0.118. The van der Waals surface area contributed by atoms with Gasteiger partial charge in [0.25, 0.3) is 0 Å². The van der Waals surface area contributed by atoms with Crippen molar-refractivity contribution in [3.05, 3.63) is 0 Å². The van der Waals surface area contributed by atoms with Gasteiger partial charge < -0.3 is 5.32 Å². The average molecular weight is 205 g/mol. The van der Waals surface area contributed by atoms with E-state index in [1.165, 1.54) is 18.6 Å². The monoisotopic (exact) mass is 205 g/mol. The first-order valence-electron chi connectivity index (χ1n) is 4.18. The van der Waals surface area contributed by atoms with Gasteiger partial charge in [0.1, 0.15) is 0 Å². The van der Waals surface area contributed by atoms with E-state index in [-0.39, 0.29) is 10.7 Å². The number of hydrogen-bond donors (Lipinski definition) is 2. The van der Waals surface area contributed by atoms with Gasteiger partial charge >= 0.3 is 0 Å². The summed E-state index contributed by atoms with van der Waals surface area (Å²) in [4.78, 5) is 10.9. The normalized spacial score (nSPS) is 28.8. The summed E-state index contributed by atoms with van der Waals surface area (Å²) < 4.78 is 0.276. The fourth-order valence-corrected chi connectivity index (χ4v) is 2.67. The standard InChI is InChI=1S/C8H15NOS2/c1-8(3-2-4-12-8)6-9-7(10)5-11/h11H,2-6H2,1H3,(H,9,10). The SMILES string of the molecule is CC1(CNC(=O)CS)CCCS1. The smallest absolute Gasteiger partial charge is 0.229 e. The van der Waals surface area contributed by atoms with Gasteiger partial charge in [-0.2, -0.15) is 24.4 Å². The van der Waals surface area contributed by atoms with Crippen LogP contribution in [0.15, 0.2) is 0 Å². The van der Waals surface area contributed by atoms with Crippen LogP contribution in [0, 0.1) is 0 Å². The molecular formula is C8H15NOS2. The molecule has 2 nitrogen and oxygen atoms in total. The van der Waals surface area contributed by atoms with Crippen LogP contribution < -0.4 is 5.32 Å². The Morgan fingerprint density at radius 3 is 3.00 bits per heavy atom. The van der Waals surface area contributed by atoms with Gasteiger partial charge in [-0.3, -0.25) is 4.79 Å². The highest BCUT2D eigenvalue weighted by molar-refractivity contribution is 8.00. The summed E-state index contributed by atoms with van der Waals surface area (Å²) in [5.41, 5.74) is 0. The molecule has 1 amide bonds. The quantitative estimate of drug-likeness (QED) is 0.680. The van der Waals surface area contributed by atoms with E-state index in [4.69, 9.17) is 0 Å². The highest BCUT2D eigenvalue weighted by atomic mass is 32.2. The van der Waals surface area contributed by atoms with Gasteiger partial charge in [0.2, 0.25) is 5.91 Å². The Hall–Kier alpha value is 0.170. The van der Waals surface area contributed by atoms with Crippen molar-refractivity contribution >= 4 is 30.3 Å². The van der Waals surface area contributed by atoms with E-state index in [1.54, 1.807) is 0 Å². The van der Waals surface area contributed by atoms with Gasteiger partial charge in [0.05, 0.1) is 5.75 Å². The first-order chi connectivity index (χ1) is 5.66. The van der Waals surface area contributed by atoms with Crippen LogP contribution in [0.2, 0.25) is 0 Å². The van der Waals surface area contributed by atoms with Crippen LogP contribution in [0.25, 0.3) is 0 Å². The molecule has 0 saturated carbocycles. The van der Waals surface area contributed by atoms with E-state index < -0.39 is 0 Å². The van der Waals surface area contributed by atoms with Gasteiger partial charge in [0, 0.05) is 11.3 Å². The predicted octanol–water partition coefficient (Wildman–Crippen LogP) is 1.32. The molecule has 1 aliphatic heterocycles. The van der Waals surface area contributed by atoms with E-state index in [0.29, 0.717) is 5.75 Å². The van der Waals surface area contributed by atoms with Crippen molar-refractivity contribution in [2.75, 3.05) is 18.1 Å². The van der Waals surface area contributed by atoms with E-state index in [1.807, 2.05) is 11.8 Å². The van der Waals surface area contributed by atoms with E-state index >= 15 is 0 Å². The molecule has 1 N–H and O–H groups in total. The summed E-state index contributed by atoms with van der Waals surface area (Å²) in [5, 5.41) is 2.88. The van der Waals surface area contributed by atoms with E-state index in [0.717, 1.165) is 6.54 Å². The first kappa shape index (κ1) is 10.3. The summed E-state index contributed by atoms with van der Waals surface area (Å²) in [6, 6.07) is 0. The van der Waals surface area contributed by atoms with Crippen LogP contribution in [0.3, 0.4) is 0 Å². The molecule has 0 aromatic rings. The topological polar surface area (TPSA) is 29.1 Å². The lowest BCUT2D eigenvalue weighted by Crippen LogP contribution is -2.37. The van der Waals surface area contributed by atoms with Gasteiger partial charge in [0.15, 0.2) is 0 Å². The highest BCUT2D eigenvalue weighted by Crippen LogP contribution is 2.36. The summed E-state index contributed by atoms with van der Waals surface area (Å²) in [6.45, 7) is 3.00. The van der Waals surface area contributed by atoms with Crippen molar-refractivity contribution in [1.82, 2.24) is 5.32 Å². The second-order valence-electron chi connectivity index (χ2n) is 3.34. The van der Waals surface area contributed by atoms with Gasteiger partial charge in [-0.1, -0.05) is 0 Å². The number of thiol groups is 1. The molecule has 4 heteroatoms. The second kappa shape index (κ2) is 4.42. The van der Waals surface area contributed by atoms with Crippen molar-refractivity contribution in [1.29, 1.82) is 0 Å². The third kappa shape index (κ3) is 2.90. The lowest BCUT2D eigenvalue weighted by Gasteiger charge is -2.22. The average Bonchev–Trinajstić information content (AvgIpc) is 2.49. The molecule has 70 valence electrons. The predicted molar refractivity (Wildman–Crippen MR) is 57.0 cm³/mol.